The molecule has 0 fully saturated rings. The van der Waals surface area contributed by atoms with Crippen molar-refractivity contribution in [3.63, 3.8) is 0 Å². The number of carbonyl (C=O) groups is 1. The van der Waals surface area contributed by atoms with Crippen LogP contribution < -0.4 is 5.32 Å². The van der Waals surface area contributed by atoms with Crippen molar-refractivity contribution >= 4 is 11.8 Å². The SMILES string of the molecule is CCOC(=O)Nc1ccc2c(c1)CN(CCOC)C2. The van der Waals surface area contributed by atoms with Gasteiger partial charge in [0, 0.05) is 32.4 Å². The molecule has 1 amide bonds. The molecule has 0 atom stereocenters. The van der Waals surface area contributed by atoms with Gasteiger partial charge in [0.1, 0.15) is 0 Å². The van der Waals surface area contributed by atoms with E-state index >= 15 is 0 Å². The van der Waals surface area contributed by atoms with E-state index in [1.54, 1.807) is 14.0 Å². The van der Waals surface area contributed by atoms with Gasteiger partial charge in [0.25, 0.3) is 0 Å². The number of rotatable bonds is 5. The van der Waals surface area contributed by atoms with Crippen molar-refractivity contribution in [2.45, 2.75) is 20.0 Å². The van der Waals surface area contributed by atoms with Crippen LogP contribution in [-0.2, 0) is 22.6 Å². The van der Waals surface area contributed by atoms with Gasteiger partial charge < -0.3 is 9.47 Å². The molecule has 104 valence electrons. The first kappa shape index (κ1) is 13.8. The van der Waals surface area contributed by atoms with E-state index in [1.807, 2.05) is 12.1 Å². The van der Waals surface area contributed by atoms with Gasteiger partial charge in [-0.3, -0.25) is 10.2 Å². The van der Waals surface area contributed by atoms with Crippen molar-refractivity contribution in [3.05, 3.63) is 29.3 Å². The molecule has 1 N–H and O–H groups in total. The Kier molecular flexibility index (Phi) is 4.76. The van der Waals surface area contributed by atoms with Gasteiger partial charge in [-0.1, -0.05) is 6.07 Å². The van der Waals surface area contributed by atoms with Gasteiger partial charge in [0.2, 0.25) is 0 Å². The highest BCUT2D eigenvalue weighted by Gasteiger charge is 2.18. The first-order valence-corrected chi connectivity index (χ1v) is 6.49. The van der Waals surface area contributed by atoms with E-state index in [9.17, 15) is 4.79 Å². The highest BCUT2D eigenvalue weighted by molar-refractivity contribution is 5.84. The number of nitrogens with zero attached hydrogens (tertiary/aromatic N) is 1. The standard InChI is InChI=1S/C14H20N2O3/c1-3-19-14(17)15-13-5-4-11-9-16(6-7-18-2)10-12(11)8-13/h4-5,8H,3,6-7,9-10H2,1-2H3,(H,15,17). The first-order valence-electron chi connectivity index (χ1n) is 6.49. The Labute approximate surface area is 113 Å². The monoisotopic (exact) mass is 264 g/mol. The molecule has 5 nitrogen and oxygen atoms in total. The minimum absolute atomic E-state index is 0.377. The van der Waals surface area contributed by atoms with E-state index in [4.69, 9.17) is 9.47 Å². The van der Waals surface area contributed by atoms with Crippen molar-refractivity contribution in [1.29, 1.82) is 0 Å². The van der Waals surface area contributed by atoms with Gasteiger partial charge in [-0.05, 0) is 30.2 Å². The summed E-state index contributed by atoms with van der Waals surface area (Å²) in [6.07, 6.45) is -0.406. The van der Waals surface area contributed by atoms with E-state index in [1.165, 1.54) is 11.1 Å². The second-order valence-electron chi connectivity index (χ2n) is 4.53. The number of amides is 1. The van der Waals surface area contributed by atoms with Crippen molar-refractivity contribution in [2.24, 2.45) is 0 Å². The molecule has 0 aliphatic carbocycles. The highest BCUT2D eigenvalue weighted by Crippen LogP contribution is 2.25. The second kappa shape index (κ2) is 6.54. The Bertz CT molecular complexity index is 448. The van der Waals surface area contributed by atoms with Crippen LogP contribution in [0.25, 0.3) is 0 Å². The number of hydrogen-bond acceptors (Lipinski definition) is 4. The second-order valence-corrected chi connectivity index (χ2v) is 4.53. The van der Waals surface area contributed by atoms with E-state index in [-0.39, 0.29) is 0 Å². The zero-order valence-corrected chi connectivity index (χ0v) is 11.4. The molecule has 19 heavy (non-hydrogen) atoms. The van der Waals surface area contributed by atoms with Gasteiger partial charge in [-0.25, -0.2) is 4.79 Å². The number of ether oxygens (including phenoxy) is 2. The lowest BCUT2D eigenvalue weighted by molar-refractivity contribution is 0.147. The summed E-state index contributed by atoms with van der Waals surface area (Å²) in [4.78, 5) is 13.7. The van der Waals surface area contributed by atoms with Crippen LogP contribution in [0.5, 0.6) is 0 Å². The van der Waals surface area contributed by atoms with Crippen LogP contribution in [0.2, 0.25) is 0 Å². The Morgan fingerprint density at radius 3 is 2.89 bits per heavy atom. The van der Waals surface area contributed by atoms with Gasteiger partial charge in [-0.2, -0.15) is 0 Å². The van der Waals surface area contributed by atoms with Gasteiger partial charge >= 0.3 is 6.09 Å². The lowest BCUT2D eigenvalue weighted by atomic mass is 10.1. The fourth-order valence-corrected chi connectivity index (χ4v) is 2.21. The van der Waals surface area contributed by atoms with Crippen LogP contribution >= 0.6 is 0 Å². The largest absolute Gasteiger partial charge is 0.450 e. The van der Waals surface area contributed by atoms with E-state index in [2.05, 4.69) is 16.3 Å². The molecule has 1 heterocycles. The van der Waals surface area contributed by atoms with Crippen LogP contribution in [0.4, 0.5) is 10.5 Å². The fourth-order valence-electron chi connectivity index (χ4n) is 2.21. The van der Waals surface area contributed by atoms with Crippen LogP contribution in [0.15, 0.2) is 18.2 Å². The number of hydrogen-bond donors (Lipinski definition) is 1. The summed E-state index contributed by atoms with van der Waals surface area (Å²) in [6.45, 7) is 5.67. The van der Waals surface area contributed by atoms with Crippen LogP contribution in [-0.4, -0.2) is 37.9 Å². The molecule has 0 spiro atoms. The van der Waals surface area contributed by atoms with Gasteiger partial charge in [0.15, 0.2) is 0 Å². The summed E-state index contributed by atoms with van der Waals surface area (Å²) in [5.41, 5.74) is 3.35. The number of nitrogens with one attached hydrogen (secondary N) is 1. The van der Waals surface area contributed by atoms with E-state index in [0.29, 0.717) is 6.61 Å². The predicted octanol–water partition coefficient (Wildman–Crippen LogP) is 2.22. The van der Waals surface area contributed by atoms with Crippen molar-refractivity contribution < 1.29 is 14.3 Å². The highest BCUT2D eigenvalue weighted by atomic mass is 16.5. The Hall–Kier alpha value is -1.59. The smallest absolute Gasteiger partial charge is 0.411 e. The number of carbonyl (C=O) groups excluding carboxylic acids is 1. The zero-order valence-electron chi connectivity index (χ0n) is 11.4. The van der Waals surface area contributed by atoms with Crippen molar-refractivity contribution in [2.75, 3.05) is 32.2 Å². The minimum Gasteiger partial charge on any atom is -0.450 e. The third-order valence-electron chi connectivity index (χ3n) is 3.13. The summed E-state index contributed by atoms with van der Waals surface area (Å²) >= 11 is 0. The number of methoxy groups -OCH3 is 1. The van der Waals surface area contributed by atoms with Crippen molar-refractivity contribution in [3.8, 4) is 0 Å². The third kappa shape index (κ3) is 3.68. The summed E-state index contributed by atoms with van der Waals surface area (Å²) in [5.74, 6) is 0. The van der Waals surface area contributed by atoms with Crippen LogP contribution in [0.1, 0.15) is 18.1 Å². The lowest BCUT2D eigenvalue weighted by Gasteiger charge is -2.13. The Morgan fingerprint density at radius 1 is 1.37 bits per heavy atom. The molecule has 0 saturated carbocycles. The molecule has 0 aromatic heterocycles. The summed E-state index contributed by atoms with van der Waals surface area (Å²) in [6, 6.07) is 5.98. The third-order valence-corrected chi connectivity index (χ3v) is 3.13. The first-order chi connectivity index (χ1) is 9.22. The minimum atomic E-state index is -0.406. The van der Waals surface area contributed by atoms with Crippen molar-refractivity contribution in [1.82, 2.24) is 4.90 Å². The van der Waals surface area contributed by atoms with Crippen LogP contribution in [0, 0.1) is 0 Å². The lowest BCUT2D eigenvalue weighted by Crippen LogP contribution is -2.21. The van der Waals surface area contributed by atoms with Gasteiger partial charge in [0.05, 0.1) is 13.2 Å². The molecule has 0 radical (unpaired) electrons. The molecular weight excluding hydrogens is 244 g/mol. The maximum Gasteiger partial charge on any atom is 0.411 e. The Morgan fingerprint density at radius 2 is 2.16 bits per heavy atom. The average molecular weight is 264 g/mol. The number of anilines is 1. The van der Waals surface area contributed by atoms with Crippen LogP contribution in [0.3, 0.4) is 0 Å². The molecule has 1 aromatic carbocycles. The molecule has 0 unspecified atom stereocenters. The maximum absolute atomic E-state index is 11.4. The summed E-state index contributed by atoms with van der Waals surface area (Å²) in [5, 5.41) is 2.73. The zero-order chi connectivity index (χ0) is 13.7. The summed E-state index contributed by atoms with van der Waals surface area (Å²) < 4.78 is 9.95. The topological polar surface area (TPSA) is 50.8 Å². The molecule has 1 aliphatic rings. The quantitative estimate of drug-likeness (QED) is 0.886. The Balaban J connectivity index is 1.96. The number of benzene rings is 1. The average Bonchev–Trinajstić information content (AvgIpc) is 2.78. The normalized spacial score (nSPS) is 14.2. The molecule has 2 rings (SSSR count). The predicted molar refractivity (Wildman–Crippen MR) is 73.1 cm³/mol. The van der Waals surface area contributed by atoms with E-state index in [0.717, 1.165) is 31.9 Å². The van der Waals surface area contributed by atoms with E-state index < -0.39 is 6.09 Å². The summed E-state index contributed by atoms with van der Waals surface area (Å²) in [7, 11) is 1.71. The molecule has 0 bridgehead atoms. The fraction of sp³-hybridized carbons (Fsp3) is 0.500. The molecule has 0 saturated heterocycles. The molecule has 1 aromatic rings. The molecular formula is C14H20N2O3. The molecule has 5 heteroatoms. The van der Waals surface area contributed by atoms with Gasteiger partial charge in [-0.15, -0.1) is 0 Å². The number of fused-ring (bicyclic) bond motifs is 1. The molecule has 1 aliphatic heterocycles. The maximum atomic E-state index is 11.4.